The second kappa shape index (κ2) is 7.22. The molecule has 0 radical (unpaired) electrons. The van der Waals surface area contributed by atoms with Crippen LogP contribution < -0.4 is 4.74 Å². The van der Waals surface area contributed by atoms with Crippen LogP contribution in [-0.2, 0) is 4.74 Å². The van der Waals surface area contributed by atoms with Crippen molar-refractivity contribution in [2.24, 2.45) is 0 Å². The van der Waals surface area contributed by atoms with Crippen LogP contribution in [0.25, 0.3) is 11.3 Å². The number of methoxy groups -OCH3 is 1. The van der Waals surface area contributed by atoms with E-state index in [1.165, 1.54) is 6.92 Å². The number of hydrogen-bond donors (Lipinski definition) is 0. The van der Waals surface area contributed by atoms with Gasteiger partial charge in [-0.15, -0.1) is 0 Å². The normalized spacial score (nSPS) is 20.0. The quantitative estimate of drug-likeness (QED) is 0.760. The van der Waals surface area contributed by atoms with Crippen molar-refractivity contribution in [2.45, 2.75) is 33.0 Å². The molecule has 1 saturated heterocycles. The Bertz CT molecular complexity index is 874. The van der Waals surface area contributed by atoms with E-state index in [9.17, 15) is 18.0 Å². The molecule has 1 aromatic heterocycles. The minimum absolute atomic E-state index is 0.0191. The molecule has 2 atom stereocenters. The first kappa shape index (κ1) is 19.2. The molecule has 6 nitrogen and oxygen atoms in total. The van der Waals surface area contributed by atoms with E-state index in [2.05, 4.69) is 9.89 Å². The van der Waals surface area contributed by atoms with E-state index in [1.54, 1.807) is 4.90 Å². The van der Waals surface area contributed by atoms with Crippen molar-refractivity contribution in [3.63, 3.8) is 0 Å². The van der Waals surface area contributed by atoms with E-state index in [4.69, 9.17) is 9.26 Å². The van der Waals surface area contributed by atoms with Gasteiger partial charge in [0.15, 0.2) is 28.8 Å². The van der Waals surface area contributed by atoms with Crippen molar-refractivity contribution >= 4 is 5.91 Å². The summed E-state index contributed by atoms with van der Waals surface area (Å²) in [5.41, 5.74) is -0.174. The molecular formula is C18H19F3N2O4. The monoisotopic (exact) mass is 384 g/mol. The molecule has 3 rings (SSSR count). The Labute approximate surface area is 153 Å². The lowest BCUT2D eigenvalue weighted by Crippen LogP contribution is -2.48. The summed E-state index contributed by atoms with van der Waals surface area (Å²) >= 11 is 0. The van der Waals surface area contributed by atoms with Crippen LogP contribution >= 0.6 is 0 Å². The van der Waals surface area contributed by atoms with E-state index < -0.39 is 29.1 Å². The van der Waals surface area contributed by atoms with Crippen molar-refractivity contribution in [1.29, 1.82) is 0 Å². The number of amides is 1. The number of carbonyl (C=O) groups excluding carboxylic acids is 1. The van der Waals surface area contributed by atoms with Gasteiger partial charge in [0.05, 0.1) is 24.9 Å². The fourth-order valence-corrected chi connectivity index (χ4v) is 3.20. The second-order valence-electron chi connectivity index (χ2n) is 6.52. The van der Waals surface area contributed by atoms with Gasteiger partial charge in [-0.25, -0.2) is 8.78 Å². The smallest absolute Gasteiger partial charge is 0.276 e. The fourth-order valence-electron chi connectivity index (χ4n) is 3.20. The average Bonchev–Trinajstić information content (AvgIpc) is 2.98. The van der Waals surface area contributed by atoms with Crippen molar-refractivity contribution in [3.8, 4) is 17.1 Å². The Morgan fingerprint density at radius 2 is 1.85 bits per heavy atom. The summed E-state index contributed by atoms with van der Waals surface area (Å²) in [7, 11) is 1.02. The molecule has 0 bridgehead atoms. The molecule has 0 aliphatic carbocycles. The molecule has 27 heavy (non-hydrogen) atoms. The number of nitrogens with zero attached hydrogens (tertiary/aromatic N) is 2. The highest BCUT2D eigenvalue weighted by atomic mass is 19.2. The van der Waals surface area contributed by atoms with Gasteiger partial charge in [0.25, 0.3) is 5.91 Å². The minimum Gasteiger partial charge on any atom is -0.491 e. The SMILES string of the molecule is COc1c(F)c(F)cc(-c2onc(C(=O)N3C[C@@H](C)O[C@@H](C)C3)c2C)c1F. The third-order valence-corrected chi connectivity index (χ3v) is 4.40. The molecule has 2 aromatic rings. The first-order valence-corrected chi connectivity index (χ1v) is 8.37. The zero-order chi connectivity index (χ0) is 19.9. The summed E-state index contributed by atoms with van der Waals surface area (Å²) < 4.78 is 57.3. The van der Waals surface area contributed by atoms with Gasteiger partial charge in [0.2, 0.25) is 5.82 Å². The lowest BCUT2D eigenvalue weighted by Gasteiger charge is -2.34. The van der Waals surface area contributed by atoms with Crippen LogP contribution in [0.4, 0.5) is 13.2 Å². The highest BCUT2D eigenvalue weighted by Gasteiger charge is 2.32. The van der Waals surface area contributed by atoms with Gasteiger partial charge in [-0.2, -0.15) is 4.39 Å². The third-order valence-electron chi connectivity index (χ3n) is 4.40. The Balaban J connectivity index is 1.99. The standard InChI is InChI=1S/C18H19F3N2O4/c1-8-6-23(7-9(2)26-8)18(24)15-10(3)16(27-22-15)11-5-12(19)14(21)17(25-4)13(11)20/h5,8-9H,6-7H2,1-4H3/t8-,9+. The van der Waals surface area contributed by atoms with Crippen LogP contribution in [0.5, 0.6) is 5.75 Å². The average molecular weight is 384 g/mol. The first-order valence-electron chi connectivity index (χ1n) is 8.37. The van der Waals surface area contributed by atoms with Crippen LogP contribution in [0.15, 0.2) is 10.6 Å². The molecule has 1 amide bonds. The van der Waals surface area contributed by atoms with Crippen molar-refractivity contribution in [1.82, 2.24) is 10.1 Å². The Morgan fingerprint density at radius 1 is 1.22 bits per heavy atom. The molecule has 0 saturated carbocycles. The third kappa shape index (κ3) is 3.39. The summed E-state index contributed by atoms with van der Waals surface area (Å²) in [6, 6.07) is 0.647. The molecule has 9 heteroatoms. The zero-order valence-corrected chi connectivity index (χ0v) is 15.3. The van der Waals surface area contributed by atoms with Crippen LogP contribution in [0.2, 0.25) is 0 Å². The summed E-state index contributed by atoms with van der Waals surface area (Å²) in [5.74, 6) is -5.32. The highest BCUT2D eigenvalue weighted by Crippen LogP contribution is 2.35. The highest BCUT2D eigenvalue weighted by molar-refractivity contribution is 5.95. The van der Waals surface area contributed by atoms with E-state index in [-0.39, 0.29) is 34.8 Å². The zero-order valence-electron chi connectivity index (χ0n) is 15.3. The maximum atomic E-state index is 14.5. The topological polar surface area (TPSA) is 64.8 Å². The van der Waals surface area contributed by atoms with Gasteiger partial charge in [-0.3, -0.25) is 4.79 Å². The number of hydrogen-bond acceptors (Lipinski definition) is 5. The largest absolute Gasteiger partial charge is 0.491 e. The van der Waals surface area contributed by atoms with E-state index >= 15 is 0 Å². The number of aromatic nitrogens is 1. The molecule has 1 aromatic carbocycles. The Kier molecular flexibility index (Phi) is 5.14. The lowest BCUT2D eigenvalue weighted by molar-refractivity contribution is -0.0588. The summed E-state index contributed by atoms with van der Waals surface area (Å²) in [5, 5.41) is 3.74. The van der Waals surface area contributed by atoms with Crippen LogP contribution in [0, 0.1) is 24.4 Å². The Morgan fingerprint density at radius 3 is 2.44 bits per heavy atom. The van der Waals surface area contributed by atoms with Gasteiger partial charge in [-0.05, 0) is 26.8 Å². The lowest BCUT2D eigenvalue weighted by atomic mass is 10.1. The minimum atomic E-state index is -1.44. The van der Waals surface area contributed by atoms with Crippen molar-refractivity contribution in [2.75, 3.05) is 20.2 Å². The number of halogens is 3. The number of carbonyl (C=O) groups is 1. The molecule has 146 valence electrons. The molecule has 1 fully saturated rings. The predicted molar refractivity (Wildman–Crippen MR) is 89.0 cm³/mol. The molecule has 0 N–H and O–H groups in total. The van der Waals surface area contributed by atoms with E-state index in [0.717, 1.165) is 7.11 Å². The van der Waals surface area contributed by atoms with E-state index in [0.29, 0.717) is 19.2 Å². The maximum absolute atomic E-state index is 14.5. The molecule has 0 spiro atoms. The molecule has 2 heterocycles. The maximum Gasteiger partial charge on any atom is 0.276 e. The predicted octanol–water partition coefficient (Wildman–Crippen LogP) is 3.33. The molecule has 1 aliphatic heterocycles. The number of rotatable bonds is 3. The van der Waals surface area contributed by atoms with Gasteiger partial charge in [0, 0.05) is 18.7 Å². The summed E-state index contributed by atoms with van der Waals surface area (Å²) in [6.07, 6.45) is -0.283. The molecule has 1 aliphatic rings. The second-order valence-corrected chi connectivity index (χ2v) is 6.52. The summed E-state index contributed by atoms with van der Waals surface area (Å²) in [6.45, 7) is 5.94. The van der Waals surface area contributed by atoms with Crippen LogP contribution in [0.1, 0.15) is 29.9 Å². The van der Waals surface area contributed by atoms with Crippen molar-refractivity contribution < 1.29 is 32.0 Å². The van der Waals surface area contributed by atoms with Gasteiger partial charge in [0.1, 0.15) is 0 Å². The number of morpholine rings is 1. The molecule has 0 unspecified atom stereocenters. The van der Waals surface area contributed by atoms with E-state index in [1.807, 2.05) is 13.8 Å². The van der Waals surface area contributed by atoms with Crippen molar-refractivity contribution in [3.05, 3.63) is 34.8 Å². The van der Waals surface area contributed by atoms with Gasteiger partial charge < -0.3 is 18.9 Å². The Hall–Kier alpha value is -2.55. The number of benzene rings is 1. The summed E-state index contributed by atoms with van der Waals surface area (Å²) in [4.78, 5) is 14.3. The fraction of sp³-hybridized carbons (Fsp3) is 0.444. The first-order chi connectivity index (χ1) is 12.7. The molecular weight excluding hydrogens is 365 g/mol. The van der Waals surface area contributed by atoms with Gasteiger partial charge >= 0.3 is 0 Å². The number of ether oxygens (including phenoxy) is 2. The van der Waals surface area contributed by atoms with Gasteiger partial charge in [-0.1, -0.05) is 5.16 Å². The van der Waals surface area contributed by atoms with Crippen LogP contribution in [0.3, 0.4) is 0 Å². The van der Waals surface area contributed by atoms with Crippen LogP contribution in [-0.4, -0.2) is 48.4 Å².